The number of nitro groups is 1. The molecule has 0 aliphatic rings. The van der Waals surface area contributed by atoms with Gasteiger partial charge < -0.3 is 4.90 Å². The Balaban J connectivity index is 2.23. The molecule has 2 aromatic carbocycles. The van der Waals surface area contributed by atoms with Crippen LogP contribution in [0.3, 0.4) is 0 Å². The first-order valence-corrected chi connectivity index (χ1v) is 5.94. The van der Waals surface area contributed by atoms with E-state index < -0.39 is 16.7 Å². The van der Waals surface area contributed by atoms with Gasteiger partial charge in [0.25, 0.3) is 5.69 Å². The Morgan fingerprint density at radius 1 is 0.952 bits per heavy atom. The highest BCUT2D eigenvalue weighted by molar-refractivity contribution is 5.63. The molecule has 0 bridgehead atoms. The lowest BCUT2D eigenvalue weighted by atomic mass is 10.2. The molecule has 0 amide bonds. The van der Waals surface area contributed by atoms with Gasteiger partial charge in [-0.25, -0.2) is 0 Å². The predicted octanol–water partition coefficient (Wildman–Crippen LogP) is 4.38. The van der Waals surface area contributed by atoms with Crippen molar-refractivity contribution >= 4 is 17.1 Å². The summed E-state index contributed by atoms with van der Waals surface area (Å²) in [6.45, 7) is 0. The average molecular weight is 296 g/mol. The zero-order chi connectivity index (χ0) is 15.6. The number of rotatable bonds is 3. The first-order chi connectivity index (χ1) is 9.79. The Morgan fingerprint density at radius 2 is 1.38 bits per heavy atom. The van der Waals surface area contributed by atoms with Gasteiger partial charge >= 0.3 is 6.18 Å². The Hall–Kier alpha value is -2.57. The molecule has 0 heterocycles. The molecule has 0 spiro atoms. The lowest BCUT2D eigenvalue weighted by Crippen LogP contribution is -2.10. The number of halogens is 3. The van der Waals surface area contributed by atoms with E-state index in [-0.39, 0.29) is 5.69 Å². The van der Waals surface area contributed by atoms with Crippen LogP contribution in [0.15, 0.2) is 48.5 Å². The molecule has 0 unspecified atom stereocenters. The van der Waals surface area contributed by atoms with Gasteiger partial charge in [0.1, 0.15) is 0 Å². The SMILES string of the molecule is CN(c1ccc([N+](=O)[O-])cc1)c1ccc(C(F)(F)F)cc1. The van der Waals surface area contributed by atoms with E-state index in [4.69, 9.17) is 0 Å². The molecular weight excluding hydrogens is 285 g/mol. The van der Waals surface area contributed by atoms with Crippen molar-refractivity contribution in [3.63, 3.8) is 0 Å². The molecule has 0 fully saturated rings. The molecule has 110 valence electrons. The third-order valence-electron chi connectivity index (χ3n) is 3.03. The molecule has 0 atom stereocenters. The van der Waals surface area contributed by atoms with E-state index in [0.717, 1.165) is 12.1 Å². The highest BCUT2D eigenvalue weighted by Gasteiger charge is 2.30. The topological polar surface area (TPSA) is 46.4 Å². The largest absolute Gasteiger partial charge is 0.416 e. The van der Waals surface area contributed by atoms with Crippen LogP contribution in [-0.4, -0.2) is 12.0 Å². The lowest BCUT2D eigenvalue weighted by Gasteiger charge is -2.20. The monoisotopic (exact) mass is 296 g/mol. The zero-order valence-corrected chi connectivity index (χ0v) is 11.0. The fourth-order valence-corrected chi connectivity index (χ4v) is 1.82. The second kappa shape index (κ2) is 5.43. The maximum Gasteiger partial charge on any atom is 0.416 e. The molecule has 4 nitrogen and oxygen atoms in total. The van der Waals surface area contributed by atoms with Crippen LogP contribution in [0.5, 0.6) is 0 Å². The lowest BCUT2D eigenvalue weighted by molar-refractivity contribution is -0.384. The van der Waals surface area contributed by atoms with Crippen LogP contribution in [0.2, 0.25) is 0 Å². The van der Waals surface area contributed by atoms with E-state index >= 15 is 0 Å². The van der Waals surface area contributed by atoms with E-state index in [9.17, 15) is 23.3 Å². The summed E-state index contributed by atoms with van der Waals surface area (Å²) < 4.78 is 37.5. The quantitative estimate of drug-likeness (QED) is 0.623. The second-order valence-electron chi connectivity index (χ2n) is 4.38. The summed E-state index contributed by atoms with van der Waals surface area (Å²) in [5, 5.41) is 10.6. The zero-order valence-electron chi connectivity index (χ0n) is 11.0. The molecule has 0 saturated heterocycles. The van der Waals surface area contributed by atoms with Gasteiger partial charge in [0, 0.05) is 30.6 Å². The number of hydrogen-bond donors (Lipinski definition) is 0. The van der Waals surface area contributed by atoms with Gasteiger partial charge in [-0.2, -0.15) is 13.2 Å². The number of nitrogens with zero attached hydrogens (tertiary/aromatic N) is 2. The van der Waals surface area contributed by atoms with E-state index in [0.29, 0.717) is 11.4 Å². The number of benzene rings is 2. The van der Waals surface area contributed by atoms with E-state index in [2.05, 4.69) is 0 Å². The van der Waals surface area contributed by atoms with Gasteiger partial charge in [0.15, 0.2) is 0 Å². The van der Waals surface area contributed by atoms with Crippen LogP contribution in [0.25, 0.3) is 0 Å². The van der Waals surface area contributed by atoms with Crippen molar-refractivity contribution in [2.45, 2.75) is 6.18 Å². The molecular formula is C14H11F3N2O2. The number of nitro benzene ring substituents is 1. The highest BCUT2D eigenvalue weighted by Crippen LogP contribution is 2.32. The summed E-state index contributed by atoms with van der Waals surface area (Å²) in [5.74, 6) is 0. The van der Waals surface area contributed by atoms with Gasteiger partial charge in [-0.1, -0.05) is 0 Å². The van der Waals surface area contributed by atoms with Gasteiger partial charge in [-0.05, 0) is 36.4 Å². The molecule has 0 radical (unpaired) electrons. The van der Waals surface area contributed by atoms with E-state index in [1.807, 2.05) is 0 Å². The van der Waals surface area contributed by atoms with Crippen LogP contribution in [0, 0.1) is 10.1 Å². The van der Waals surface area contributed by atoms with Gasteiger partial charge in [0.05, 0.1) is 10.5 Å². The number of alkyl halides is 3. The fraction of sp³-hybridized carbons (Fsp3) is 0.143. The summed E-state index contributed by atoms with van der Waals surface area (Å²) in [6, 6.07) is 10.5. The van der Waals surface area contributed by atoms with Gasteiger partial charge in [0.2, 0.25) is 0 Å². The molecule has 2 rings (SSSR count). The molecule has 0 aliphatic carbocycles. The normalized spacial score (nSPS) is 11.2. The molecule has 7 heteroatoms. The maximum atomic E-state index is 12.5. The van der Waals surface area contributed by atoms with Crippen molar-refractivity contribution in [1.82, 2.24) is 0 Å². The van der Waals surface area contributed by atoms with Gasteiger partial charge in [-0.3, -0.25) is 10.1 Å². The number of non-ortho nitro benzene ring substituents is 1. The third kappa shape index (κ3) is 3.31. The highest BCUT2D eigenvalue weighted by atomic mass is 19.4. The molecule has 21 heavy (non-hydrogen) atoms. The predicted molar refractivity (Wildman–Crippen MR) is 72.6 cm³/mol. The molecule has 2 aromatic rings. The second-order valence-corrected chi connectivity index (χ2v) is 4.38. The first kappa shape index (κ1) is 14.8. The Morgan fingerprint density at radius 3 is 1.76 bits per heavy atom. The standard InChI is InChI=1S/C14H11F3N2O2/c1-18(12-6-8-13(9-7-12)19(20)21)11-4-2-10(3-5-11)14(15,16)17/h2-9H,1H3. The summed E-state index contributed by atoms with van der Waals surface area (Å²) in [5.41, 5.74) is 0.431. The Labute approximate surface area is 118 Å². The van der Waals surface area contributed by atoms with E-state index in [1.54, 1.807) is 11.9 Å². The summed E-state index contributed by atoms with van der Waals surface area (Å²) in [4.78, 5) is 11.7. The molecule has 0 aliphatic heterocycles. The Kier molecular flexibility index (Phi) is 3.84. The summed E-state index contributed by atoms with van der Waals surface area (Å²) >= 11 is 0. The minimum Gasteiger partial charge on any atom is -0.345 e. The minimum absolute atomic E-state index is 0.0421. The van der Waals surface area contributed by atoms with Crippen LogP contribution in [0.1, 0.15) is 5.56 Å². The van der Waals surface area contributed by atoms with Crippen molar-refractivity contribution in [3.05, 3.63) is 64.2 Å². The average Bonchev–Trinajstić information content (AvgIpc) is 2.46. The maximum absolute atomic E-state index is 12.5. The summed E-state index contributed by atoms with van der Waals surface area (Å²) in [7, 11) is 1.67. The smallest absolute Gasteiger partial charge is 0.345 e. The number of anilines is 2. The van der Waals surface area contributed by atoms with Crippen molar-refractivity contribution in [3.8, 4) is 0 Å². The van der Waals surface area contributed by atoms with Crippen molar-refractivity contribution in [2.24, 2.45) is 0 Å². The Bertz CT molecular complexity index is 637. The van der Waals surface area contributed by atoms with E-state index in [1.165, 1.54) is 36.4 Å². The van der Waals surface area contributed by atoms with Crippen LogP contribution >= 0.6 is 0 Å². The summed E-state index contributed by atoms with van der Waals surface area (Å²) in [6.07, 6.45) is -4.37. The van der Waals surface area contributed by atoms with Crippen LogP contribution in [0.4, 0.5) is 30.2 Å². The van der Waals surface area contributed by atoms with Crippen LogP contribution in [-0.2, 0) is 6.18 Å². The fourth-order valence-electron chi connectivity index (χ4n) is 1.82. The van der Waals surface area contributed by atoms with Crippen molar-refractivity contribution in [2.75, 3.05) is 11.9 Å². The van der Waals surface area contributed by atoms with Crippen molar-refractivity contribution in [1.29, 1.82) is 0 Å². The van der Waals surface area contributed by atoms with Crippen molar-refractivity contribution < 1.29 is 18.1 Å². The third-order valence-corrected chi connectivity index (χ3v) is 3.03. The first-order valence-electron chi connectivity index (χ1n) is 5.94. The molecule has 0 aromatic heterocycles. The number of hydrogen-bond acceptors (Lipinski definition) is 3. The molecule has 0 N–H and O–H groups in total. The molecule has 0 saturated carbocycles. The minimum atomic E-state index is -4.37. The van der Waals surface area contributed by atoms with Crippen LogP contribution < -0.4 is 4.90 Å². The van der Waals surface area contributed by atoms with Gasteiger partial charge in [-0.15, -0.1) is 0 Å².